The Morgan fingerprint density at radius 1 is 1.38 bits per heavy atom. The molecule has 130 valence electrons. The van der Waals surface area contributed by atoms with Crippen LogP contribution in [0.5, 0.6) is 5.75 Å². The molecule has 24 heavy (non-hydrogen) atoms. The molecule has 1 aliphatic heterocycles. The zero-order valence-electron chi connectivity index (χ0n) is 14.3. The van der Waals surface area contributed by atoms with Gasteiger partial charge in [-0.05, 0) is 44.4 Å². The van der Waals surface area contributed by atoms with Gasteiger partial charge in [0, 0.05) is 37.8 Å². The van der Waals surface area contributed by atoms with Gasteiger partial charge in [0.05, 0.1) is 17.7 Å². The number of rotatable bonds is 7. The summed E-state index contributed by atoms with van der Waals surface area (Å²) in [6.07, 6.45) is 3.57. The van der Waals surface area contributed by atoms with Crippen molar-refractivity contribution in [3.63, 3.8) is 0 Å². The fourth-order valence-electron chi connectivity index (χ4n) is 3.95. The Hall–Kier alpha value is -1.61. The van der Waals surface area contributed by atoms with Gasteiger partial charge in [0.25, 0.3) is 0 Å². The van der Waals surface area contributed by atoms with E-state index in [4.69, 9.17) is 19.5 Å². The highest BCUT2D eigenvalue weighted by Crippen LogP contribution is 2.50. The second kappa shape index (κ2) is 7.98. The van der Waals surface area contributed by atoms with E-state index in [0.29, 0.717) is 24.3 Å². The van der Waals surface area contributed by atoms with E-state index >= 15 is 0 Å². The maximum Gasteiger partial charge on any atom is 0.120 e. The molecule has 2 atom stereocenters. The summed E-state index contributed by atoms with van der Waals surface area (Å²) in [5.74, 6) is 0.748. The van der Waals surface area contributed by atoms with Crippen molar-refractivity contribution in [3.05, 3.63) is 29.8 Å². The number of benzene rings is 1. The van der Waals surface area contributed by atoms with Gasteiger partial charge in [0.15, 0.2) is 0 Å². The van der Waals surface area contributed by atoms with Gasteiger partial charge in [-0.15, -0.1) is 0 Å². The number of ether oxygens (including phenoxy) is 3. The minimum Gasteiger partial charge on any atom is -0.492 e. The minimum atomic E-state index is 0.231. The average Bonchev–Trinajstić information content (AvgIpc) is 2.64. The molecule has 2 fully saturated rings. The highest BCUT2D eigenvalue weighted by molar-refractivity contribution is 5.36. The van der Waals surface area contributed by atoms with Crippen LogP contribution in [0.1, 0.15) is 31.7 Å². The van der Waals surface area contributed by atoms with E-state index < -0.39 is 0 Å². The summed E-state index contributed by atoms with van der Waals surface area (Å²) in [6, 6.07) is 9.89. The third-order valence-corrected chi connectivity index (χ3v) is 5.30. The Balaban J connectivity index is 1.47. The van der Waals surface area contributed by atoms with Crippen molar-refractivity contribution in [1.29, 1.82) is 5.26 Å². The van der Waals surface area contributed by atoms with Gasteiger partial charge in [-0.3, -0.25) is 0 Å². The molecular formula is C19H26N2O3. The van der Waals surface area contributed by atoms with Crippen LogP contribution in [0.25, 0.3) is 0 Å². The van der Waals surface area contributed by atoms with Crippen molar-refractivity contribution >= 4 is 0 Å². The van der Waals surface area contributed by atoms with Gasteiger partial charge < -0.3 is 19.5 Å². The highest BCUT2D eigenvalue weighted by Gasteiger charge is 2.55. The van der Waals surface area contributed by atoms with Crippen molar-refractivity contribution in [3.8, 4) is 11.8 Å². The van der Waals surface area contributed by atoms with Crippen LogP contribution in [0, 0.1) is 16.7 Å². The third kappa shape index (κ3) is 3.56. The van der Waals surface area contributed by atoms with E-state index in [0.717, 1.165) is 51.4 Å². The Morgan fingerprint density at radius 3 is 2.96 bits per heavy atom. The predicted octanol–water partition coefficient (Wildman–Crippen LogP) is 2.50. The SMILES string of the molecule is CCO[C@@H]1C[C@@H](NCCOc2cccc(C#N)c2)C12CCOCC2. The molecule has 2 aliphatic rings. The first-order valence-electron chi connectivity index (χ1n) is 8.84. The Kier molecular flexibility index (Phi) is 5.72. The summed E-state index contributed by atoms with van der Waals surface area (Å²) in [6.45, 7) is 5.90. The first kappa shape index (κ1) is 17.2. The number of nitrogens with zero attached hydrogens (tertiary/aromatic N) is 1. The van der Waals surface area contributed by atoms with Crippen LogP contribution in [0.2, 0.25) is 0 Å². The first-order valence-corrected chi connectivity index (χ1v) is 8.84. The summed E-state index contributed by atoms with van der Waals surface area (Å²) >= 11 is 0. The molecule has 5 heteroatoms. The minimum absolute atomic E-state index is 0.231. The Labute approximate surface area is 143 Å². The first-order chi connectivity index (χ1) is 11.8. The van der Waals surface area contributed by atoms with E-state index in [1.807, 2.05) is 12.1 Å². The lowest BCUT2D eigenvalue weighted by Gasteiger charge is -2.57. The average molecular weight is 330 g/mol. The van der Waals surface area contributed by atoms with Crippen LogP contribution in [-0.2, 0) is 9.47 Å². The number of hydrogen-bond acceptors (Lipinski definition) is 5. The van der Waals surface area contributed by atoms with E-state index in [1.165, 1.54) is 0 Å². The number of hydrogen-bond donors (Lipinski definition) is 1. The van der Waals surface area contributed by atoms with Crippen LogP contribution < -0.4 is 10.1 Å². The summed E-state index contributed by atoms with van der Waals surface area (Å²) in [5.41, 5.74) is 0.856. The normalized spacial score (nSPS) is 25.0. The third-order valence-electron chi connectivity index (χ3n) is 5.30. The van der Waals surface area contributed by atoms with Gasteiger partial charge in [0.1, 0.15) is 12.4 Å². The van der Waals surface area contributed by atoms with Crippen LogP contribution in [0.15, 0.2) is 24.3 Å². The molecule has 0 aromatic heterocycles. The highest BCUT2D eigenvalue weighted by atomic mass is 16.5. The molecule has 1 aliphatic carbocycles. The van der Waals surface area contributed by atoms with Gasteiger partial charge in [-0.2, -0.15) is 5.26 Å². The van der Waals surface area contributed by atoms with E-state index in [2.05, 4.69) is 18.3 Å². The molecule has 1 saturated heterocycles. The largest absolute Gasteiger partial charge is 0.492 e. The second-order valence-corrected chi connectivity index (χ2v) is 6.52. The molecule has 3 rings (SSSR count). The van der Waals surface area contributed by atoms with Gasteiger partial charge >= 0.3 is 0 Å². The lowest BCUT2D eigenvalue weighted by molar-refractivity contribution is -0.172. The van der Waals surface area contributed by atoms with Crippen LogP contribution in [0.4, 0.5) is 0 Å². The van der Waals surface area contributed by atoms with Crippen LogP contribution in [0.3, 0.4) is 0 Å². The summed E-state index contributed by atoms with van der Waals surface area (Å²) in [7, 11) is 0. The molecule has 1 spiro atoms. The Bertz CT molecular complexity index is 578. The lowest BCUT2D eigenvalue weighted by Crippen LogP contribution is -2.65. The maximum absolute atomic E-state index is 8.92. The molecule has 5 nitrogen and oxygen atoms in total. The maximum atomic E-state index is 8.92. The zero-order chi connectivity index (χ0) is 16.8. The summed E-state index contributed by atoms with van der Waals surface area (Å²) in [5, 5.41) is 12.6. The fourth-order valence-corrected chi connectivity index (χ4v) is 3.95. The van der Waals surface area contributed by atoms with Crippen molar-refractivity contribution in [2.75, 3.05) is 33.0 Å². The number of nitrogens with one attached hydrogen (secondary N) is 1. The monoisotopic (exact) mass is 330 g/mol. The van der Waals surface area contributed by atoms with Crippen LogP contribution >= 0.6 is 0 Å². The second-order valence-electron chi connectivity index (χ2n) is 6.52. The van der Waals surface area contributed by atoms with Gasteiger partial charge in [0.2, 0.25) is 0 Å². The molecule has 1 aromatic carbocycles. The molecule has 1 saturated carbocycles. The number of nitriles is 1. The van der Waals surface area contributed by atoms with E-state index in [9.17, 15) is 0 Å². The topological polar surface area (TPSA) is 63.5 Å². The molecule has 0 radical (unpaired) electrons. The lowest BCUT2D eigenvalue weighted by atomic mass is 9.57. The molecule has 1 aromatic rings. The summed E-state index contributed by atoms with van der Waals surface area (Å²) < 4.78 is 17.2. The van der Waals surface area contributed by atoms with Crippen molar-refractivity contribution in [2.45, 2.75) is 38.3 Å². The van der Waals surface area contributed by atoms with Crippen molar-refractivity contribution in [2.24, 2.45) is 5.41 Å². The van der Waals surface area contributed by atoms with Gasteiger partial charge in [-0.1, -0.05) is 6.07 Å². The standard InChI is InChI=1S/C19H26N2O3/c1-2-23-18-13-17(19(18)6-9-22-10-7-19)21-8-11-24-16-5-3-4-15(12-16)14-20/h3-5,12,17-18,21H,2,6-11,13H2,1H3/t17-,18-/m1/s1. The van der Waals surface area contributed by atoms with Crippen LogP contribution in [-0.4, -0.2) is 45.1 Å². The summed E-state index contributed by atoms with van der Waals surface area (Å²) in [4.78, 5) is 0. The molecular weight excluding hydrogens is 304 g/mol. The molecule has 0 amide bonds. The quantitative estimate of drug-likeness (QED) is 0.778. The zero-order valence-corrected chi connectivity index (χ0v) is 14.3. The van der Waals surface area contributed by atoms with E-state index in [-0.39, 0.29) is 5.41 Å². The molecule has 1 heterocycles. The Morgan fingerprint density at radius 2 is 2.21 bits per heavy atom. The van der Waals surface area contributed by atoms with E-state index in [1.54, 1.807) is 12.1 Å². The van der Waals surface area contributed by atoms with Gasteiger partial charge in [-0.25, -0.2) is 0 Å². The molecule has 0 bridgehead atoms. The van der Waals surface area contributed by atoms with Crippen molar-refractivity contribution < 1.29 is 14.2 Å². The fraction of sp³-hybridized carbons (Fsp3) is 0.632. The smallest absolute Gasteiger partial charge is 0.120 e. The van der Waals surface area contributed by atoms with Crippen molar-refractivity contribution in [1.82, 2.24) is 5.32 Å². The molecule has 1 N–H and O–H groups in total. The predicted molar refractivity (Wildman–Crippen MR) is 91.0 cm³/mol. The molecule has 0 unspecified atom stereocenters.